The number of carbonyl (C=O) groups excluding carboxylic acids is 1. The molecule has 0 saturated carbocycles. The highest BCUT2D eigenvalue weighted by molar-refractivity contribution is 7.92. The summed E-state index contributed by atoms with van der Waals surface area (Å²) >= 11 is 0. The zero-order valence-electron chi connectivity index (χ0n) is 14.8. The summed E-state index contributed by atoms with van der Waals surface area (Å²) < 4.78 is 25.9. The predicted octanol–water partition coefficient (Wildman–Crippen LogP) is 3.07. The molecule has 5 nitrogen and oxygen atoms in total. The summed E-state index contributed by atoms with van der Waals surface area (Å²) in [4.78, 5) is 14.4. The van der Waals surface area contributed by atoms with E-state index in [-0.39, 0.29) is 12.5 Å². The van der Waals surface area contributed by atoms with Crippen molar-refractivity contribution in [3.05, 3.63) is 60.2 Å². The Kier molecular flexibility index (Phi) is 6.20. The Morgan fingerprint density at radius 3 is 2.12 bits per heavy atom. The number of carbonyl (C=O) groups is 1. The number of aryl methyl sites for hydroxylation is 1. The van der Waals surface area contributed by atoms with Crippen LogP contribution in [-0.2, 0) is 21.2 Å². The summed E-state index contributed by atoms with van der Waals surface area (Å²) in [7, 11) is -3.58. The van der Waals surface area contributed by atoms with Crippen molar-refractivity contribution in [1.82, 2.24) is 0 Å². The van der Waals surface area contributed by atoms with Crippen LogP contribution in [0.1, 0.15) is 19.4 Å². The number of anilines is 2. The molecule has 0 aliphatic heterocycles. The average molecular weight is 360 g/mol. The zero-order chi connectivity index (χ0) is 18.4. The number of nitrogens with zero attached hydrogens (tertiary/aromatic N) is 2. The number of benzene rings is 2. The maximum Gasteiger partial charge on any atom is 0.247 e. The largest absolute Gasteiger partial charge is 0.311 e. The van der Waals surface area contributed by atoms with E-state index >= 15 is 0 Å². The van der Waals surface area contributed by atoms with Gasteiger partial charge in [0.25, 0.3) is 0 Å². The van der Waals surface area contributed by atoms with Gasteiger partial charge in [0.05, 0.1) is 11.9 Å². The van der Waals surface area contributed by atoms with E-state index < -0.39 is 10.0 Å². The molecule has 2 aromatic rings. The fourth-order valence-corrected chi connectivity index (χ4v) is 3.63. The SMILES string of the molecule is CCc1ccccc1N(CC(=O)N(CC)c1ccccc1)S(C)(=O)=O. The summed E-state index contributed by atoms with van der Waals surface area (Å²) in [6.45, 7) is 4.08. The van der Waals surface area contributed by atoms with Gasteiger partial charge in [0.2, 0.25) is 15.9 Å². The van der Waals surface area contributed by atoms with Crippen molar-refractivity contribution in [3.63, 3.8) is 0 Å². The molecule has 0 saturated heterocycles. The van der Waals surface area contributed by atoms with Crippen molar-refractivity contribution in [2.45, 2.75) is 20.3 Å². The van der Waals surface area contributed by atoms with Crippen LogP contribution < -0.4 is 9.21 Å². The van der Waals surface area contributed by atoms with Gasteiger partial charge < -0.3 is 4.90 Å². The molecule has 0 aromatic heterocycles. The van der Waals surface area contributed by atoms with Gasteiger partial charge in [-0.15, -0.1) is 0 Å². The fourth-order valence-electron chi connectivity index (χ4n) is 2.75. The number of hydrogen-bond acceptors (Lipinski definition) is 3. The maximum atomic E-state index is 12.8. The Hall–Kier alpha value is -2.34. The molecule has 0 bridgehead atoms. The van der Waals surface area contributed by atoms with Crippen LogP contribution in [0.25, 0.3) is 0 Å². The molecule has 2 rings (SSSR count). The lowest BCUT2D eigenvalue weighted by molar-refractivity contribution is -0.117. The van der Waals surface area contributed by atoms with E-state index in [0.717, 1.165) is 17.5 Å². The van der Waals surface area contributed by atoms with Crippen molar-refractivity contribution in [2.24, 2.45) is 0 Å². The minimum Gasteiger partial charge on any atom is -0.311 e. The highest BCUT2D eigenvalue weighted by Gasteiger charge is 2.25. The van der Waals surface area contributed by atoms with Gasteiger partial charge in [-0.1, -0.05) is 43.3 Å². The lowest BCUT2D eigenvalue weighted by Crippen LogP contribution is -2.43. The normalized spacial score (nSPS) is 11.2. The first-order valence-corrected chi connectivity index (χ1v) is 10.1. The van der Waals surface area contributed by atoms with Gasteiger partial charge in [-0.05, 0) is 37.1 Å². The van der Waals surface area contributed by atoms with Crippen LogP contribution >= 0.6 is 0 Å². The molecule has 0 aliphatic carbocycles. The molecule has 0 spiro atoms. The van der Waals surface area contributed by atoms with Crippen LogP contribution in [0.3, 0.4) is 0 Å². The van der Waals surface area contributed by atoms with Crippen LogP contribution in [0, 0.1) is 0 Å². The number of sulfonamides is 1. The summed E-state index contributed by atoms with van der Waals surface area (Å²) in [6.07, 6.45) is 1.82. The van der Waals surface area contributed by atoms with E-state index in [2.05, 4.69) is 0 Å². The van der Waals surface area contributed by atoms with E-state index in [0.29, 0.717) is 18.7 Å². The van der Waals surface area contributed by atoms with Crippen molar-refractivity contribution in [2.75, 3.05) is 28.6 Å². The number of para-hydroxylation sites is 2. The van der Waals surface area contributed by atoms with Crippen LogP contribution in [0.15, 0.2) is 54.6 Å². The summed E-state index contributed by atoms with van der Waals surface area (Å²) in [6, 6.07) is 16.5. The van der Waals surface area contributed by atoms with Gasteiger partial charge in [0.1, 0.15) is 6.54 Å². The number of likely N-dealkylation sites (N-methyl/N-ethyl adjacent to an activating group) is 1. The molecule has 1 amide bonds. The standard InChI is InChI=1S/C19H24N2O3S/c1-4-16-11-9-10-14-18(16)21(25(3,23)24)15-19(22)20(5-2)17-12-7-6-8-13-17/h6-14H,4-5,15H2,1-3H3. The molecule has 0 heterocycles. The van der Waals surface area contributed by atoms with Crippen LogP contribution in [0.5, 0.6) is 0 Å². The highest BCUT2D eigenvalue weighted by atomic mass is 32.2. The molecule has 0 radical (unpaired) electrons. The molecular weight excluding hydrogens is 336 g/mol. The van der Waals surface area contributed by atoms with E-state index in [4.69, 9.17) is 0 Å². The van der Waals surface area contributed by atoms with Gasteiger partial charge in [-0.3, -0.25) is 9.10 Å². The molecule has 6 heteroatoms. The third-order valence-electron chi connectivity index (χ3n) is 4.01. The minimum absolute atomic E-state index is 0.224. The second-order valence-corrected chi connectivity index (χ2v) is 7.63. The molecule has 134 valence electrons. The monoisotopic (exact) mass is 360 g/mol. The number of amides is 1. The number of hydrogen-bond donors (Lipinski definition) is 0. The van der Waals surface area contributed by atoms with Crippen LogP contribution in [0.2, 0.25) is 0 Å². The highest BCUT2D eigenvalue weighted by Crippen LogP contribution is 2.24. The van der Waals surface area contributed by atoms with Gasteiger partial charge >= 0.3 is 0 Å². The van der Waals surface area contributed by atoms with Crippen LogP contribution in [0.4, 0.5) is 11.4 Å². The van der Waals surface area contributed by atoms with Crippen LogP contribution in [-0.4, -0.2) is 33.7 Å². The maximum absolute atomic E-state index is 12.8. The smallest absolute Gasteiger partial charge is 0.247 e. The van der Waals surface area contributed by atoms with Gasteiger partial charge in [0, 0.05) is 12.2 Å². The van der Waals surface area contributed by atoms with Crippen molar-refractivity contribution >= 4 is 27.3 Å². The second-order valence-electron chi connectivity index (χ2n) is 5.73. The van der Waals surface area contributed by atoms with E-state index in [1.165, 1.54) is 4.31 Å². The van der Waals surface area contributed by atoms with Gasteiger partial charge in [0.15, 0.2) is 0 Å². The number of rotatable bonds is 7. The minimum atomic E-state index is -3.58. The topological polar surface area (TPSA) is 57.7 Å². The first kappa shape index (κ1) is 19.0. The van der Waals surface area contributed by atoms with Crippen molar-refractivity contribution in [3.8, 4) is 0 Å². The Labute approximate surface area is 149 Å². The van der Waals surface area contributed by atoms with E-state index in [9.17, 15) is 13.2 Å². The van der Waals surface area contributed by atoms with Gasteiger partial charge in [-0.2, -0.15) is 0 Å². The molecule has 0 fully saturated rings. The van der Waals surface area contributed by atoms with Crippen molar-refractivity contribution < 1.29 is 13.2 Å². The van der Waals surface area contributed by atoms with Gasteiger partial charge in [-0.25, -0.2) is 8.42 Å². The first-order valence-electron chi connectivity index (χ1n) is 8.29. The lowest BCUT2D eigenvalue weighted by Gasteiger charge is -2.28. The zero-order valence-corrected chi connectivity index (χ0v) is 15.7. The Balaban J connectivity index is 2.36. The first-order chi connectivity index (χ1) is 11.9. The molecule has 0 N–H and O–H groups in total. The Morgan fingerprint density at radius 2 is 1.56 bits per heavy atom. The third kappa shape index (κ3) is 4.60. The molecular formula is C19H24N2O3S. The molecule has 0 atom stereocenters. The second kappa shape index (κ2) is 8.16. The van der Waals surface area contributed by atoms with E-state index in [1.54, 1.807) is 17.0 Å². The third-order valence-corrected chi connectivity index (χ3v) is 5.13. The lowest BCUT2D eigenvalue weighted by atomic mass is 10.1. The predicted molar refractivity (Wildman–Crippen MR) is 102 cm³/mol. The summed E-state index contributed by atoms with van der Waals surface area (Å²) in [5.41, 5.74) is 2.21. The molecule has 0 unspecified atom stereocenters. The molecule has 25 heavy (non-hydrogen) atoms. The summed E-state index contributed by atoms with van der Waals surface area (Å²) in [5.74, 6) is -0.259. The molecule has 2 aromatic carbocycles. The van der Waals surface area contributed by atoms with E-state index in [1.807, 2.05) is 56.3 Å². The van der Waals surface area contributed by atoms with Crippen molar-refractivity contribution in [1.29, 1.82) is 0 Å². The Morgan fingerprint density at radius 1 is 0.960 bits per heavy atom. The Bertz CT molecular complexity index is 820. The quantitative estimate of drug-likeness (QED) is 0.762. The average Bonchev–Trinajstić information content (AvgIpc) is 2.60. The summed E-state index contributed by atoms with van der Waals surface area (Å²) in [5, 5.41) is 0. The fraction of sp³-hybridized carbons (Fsp3) is 0.316. The molecule has 0 aliphatic rings.